The molecule has 21 heavy (non-hydrogen) atoms. The summed E-state index contributed by atoms with van der Waals surface area (Å²) >= 11 is 3.84. The van der Waals surface area contributed by atoms with Gasteiger partial charge in [-0.3, -0.25) is 14.5 Å². The number of nitrogens with zero attached hydrogens (tertiary/aromatic N) is 1. The number of alkyl halides is 1. The third-order valence-electron chi connectivity index (χ3n) is 5.01. The Morgan fingerprint density at radius 3 is 2.71 bits per heavy atom. The third-order valence-corrected chi connectivity index (χ3v) is 6.21. The Morgan fingerprint density at radius 2 is 2.05 bits per heavy atom. The van der Waals surface area contributed by atoms with E-state index in [1.54, 1.807) is 7.05 Å². The van der Waals surface area contributed by atoms with Crippen molar-refractivity contribution in [1.82, 2.24) is 4.90 Å². The predicted octanol–water partition coefficient (Wildman–Crippen LogP) is 3.71. The molecule has 1 heterocycles. The van der Waals surface area contributed by atoms with Crippen LogP contribution in [0.1, 0.15) is 52.5 Å². The lowest BCUT2D eigenvalue weighted by Crippen LogP contribution is -2.39. The maximum atomic E-state index is 12.3. The smallest absolute Gasteiger partial charge is 0.260 e. The zero-order valence-electron chi connectivity index (χ0n) is 12.4. The average Bonchev–Trinajstić information content (AvgIpc) is 2.90. The Kier molecular flexibility index (Phi) is 3.91. The van der Waals surface area contributed by atoms with Crippen LogP contribution in [0.2, 0.25) is 0 Å². The molecule has 4 heteroatoms. The van der Waals surface area contributed by atoms with Gasteiger partial charge in [0.05, 0.1) is 6.42 Å². The number of carbonyl (C=O) groups excluding carboxylic acids is 2. The number of hydrogen-bond donors (Lipinski definition) is 0. The summed E-state index contributed by atoms with van der Waals surface area (Å²) < 4.78 is 0. The summed E-state index contributed by atoms with van der Waals surface area (Å²) in [6.45, 7) is 2.31. The number of likely N-dealkylation sites (N-methyl/N-ethyl adjacent to an activating group) is 1. The molecule has 3 atom stereocenters. The quantitative estimate of drug-likeness (QED) is 0.602. The summed E-state index contributed by atoms with van der Waals surface area (Å²) in [7, 11) is 1.56. The molecule has 2 aliphatic rings. The minimum absolute atomic E-state index is 0.125. The standard InChI is InChI=1S/C17H20BrNO2/c1-10-4-3-5-13(10)16(18)12-7-6-11-9-15(20)19(2)17(21)14(11)8-12/h6-8,10,13,16H,3-5,9H2,1-2H3. The number of benzene rings is 1. The van der Waals surface area contributed by atoms with Crippen molar-refractivity contribution in [2.24, 2.45) is 11.8 Å². The summed E-state index contributed by atoms with van der Waals surface area (Å²) in [5.74, 6) is 1.04. The van der Waals surface area contributed by atoms with Gasteiger partial charge in [-0.15, -0.1) is 0 Å². The van der Waals surface area contributed by atoms with Gasteiger partial charge >= 0.3 is 0 Å². The van der Waals surface area contributed by atoms with Crippen molar-refractivity contribution in [3.8, 4) is 0 Å². The predicted molar refractivity (Wildman–Crippen MR) is 85.4 cm³/mol. The summed E-state index contributed by atoms with van der Waals surface area (Å²) in [5.41, 5.74) is 2.69. The van der Waals surface area contributed by atoms with Crippen LogP contribution >= 0.6 is 15.9 Å². The van der Waals surface area contributed by atoms with Gasteiger partial charge in [0.2, 0.25) is 5.91 Å². The summed E-state index contributed by atoms with van der Waals surface area (Å²) in [6.07, 6.45) is 4.13. The lowest BCUT2D eigenvalue weighted by molar-refractivity contribution is -0.127. The minimum atomic E-state index is -0.178. The first kappa shape index (κ1) is 14.8. The van der Waals surface area contributed by atoms with Crippen LogP contribution in [0.25, 0.3) is 0 Å². The van der Waals surface area contributed by atoms with E-state index in [0.717, 1.165) is 11.1 Å². The zero-order valence-corrected chi connectivity index (χ0v) is 14.0. The van der Waals surface area contributed by atoms with Gasteiger partial charge in [-0.25, -0.2) is 0 Å². The van der Waals surface area contributed by atoms with E-state index in [-0.39, 0.29) is 16.6 Å². The van der Waals surface area contributed by atoms with Crippen LogP contribution in [0.15, 0.2) is 18.2 Å². The molecule has 0 N–H and O–H groups in total. The Hall–Kier alpha value is -1.16. The van der Waals surface area contributed by atoms with Crippen molar-refractivity contribution in [3.05, 3.63) is 34.9 Å². The molecular formula is C17H20BrNO2. The number of hydrogen-bond acceptors (Lipinski definition) is 2. The second-order valence-corrected chi connectivity index (χ2v) is 7.31. The number of carbonyl (C=O) groups is 2. The maximum Gasteiger partial charge on any atom is 0.260 e. The molecule has 0 aromatic heterocycles. The fourth-order valence-corrected chi connectivity index (χ4v) is 4.62. The van der Waals surface area contributed by atoms with Crippen molar-refractivity contribution in [2.75, 3.05) is 7.05 Å². The zero-order chi connectivity index (χ0) is 15.1. The third kappa shape index (κ3) is 2.54. The monoisotopic (exact) mass is 349 g/mol. The van der Waals surface area contributed by atoms with Gasteiger partial charge < -0.3 is 0 Å². The summed E-state index contributed by atoms with van der Waals surface area (Å²) in [5, 5.41) is 0. The molecule has 1 saturated carbocycles. The van der Waals surface area contributed by atoms with Crippen molar-refractivity contribution in [2.45, 2.75) is 37.4 Å². The first-order chi connectivity index (χ1) is 9.99. The lowest BCUT2D eigenvalue weighted by atomic mass is 9.88. The normalized spacial score (nSPS) is 26.9. The van der Waals surface area contributed by atoms with Crippen LogP contribution in [0.5, 0.6) is 0 Å². The van der Waals surface area contributed by atoms with Gasteiger partial charge in [0, 0.05) is 17.4 Å². The van der Waals surface area contributed by atoms with Crippen LogP contribution in [-0.4, -0.2) is 23.8 Å². The summed E-state index contributed by atoms with van der Waals surface area (Å²) in [4.78, 5) is 25.5. The van der Waals surface area contributed by atoms with E-state index in [2.05, 4.69) is 28.9 Å². The minimum Gasteiger partial charge on any atom is -0.281 e. The van der Waals surface area contributed by atoms with Crippen LogP contribution in [0.4, 0.5) is 0 Å². The molecule has 3 unspecified atom stereocenters. The van der Waals surface area contributed by atoms with Gasteiger partial charge in [-0.2, -0.15) is 0 Å². The summed E-state index contributed by atoms with van der Waals surface area (Å²) in [6, 6.07) is 5.99. The number of rotatable bonds is 2. The highest BCUT2D eigenvalue weighted by molar-refractivity contribution is 9.09. The molecule has 1 aliphatic heterocycles. The molecule has 0 saturated heterocycles. The van der Waals surface area contributed by atoms with E-state index >= 15 is 0 Å². The van der Waals surface area contributed by atoms with E-state index in [9.17, 15) is 9.59 Å². The van der Waals surface area contributed by atoms with Crippen LogP contribution in [0.3, 0.4) is 0 Å². The first-order valence-electron chi connectivity index (χ1n) is 7.57. The Balaban J connectivity index is 1.92. The first-order valence-corrected chi connectivity index (χ1v) is 8.48. The van der Waals surface area contributed by atoms with Crippen molar-refractivity contribution in [1.29, 1.82) is 0 Å². The molecule has 2 amide bonds. The molecule has 0 bridgehead atoms. The van der Waals surface area contributed by atoms with Crippen molar-refractivity contribution < 1.29 is 9.59 Å². The van der Waals surface area contributed by atoms with E-state index in [0.29, 0.717) is 23.8 Å². The van der Waals surface area contributed by atoms with Crippen LogP contribution < -0.4 is 0 Å². The van der Waals surface area contributed by atoms with Gasteiger partial charge in [0.15, 0.2) is 0 Å². The fraction of sp³-hybridized carbons (Fsp3) is 0.529. The van der Waals surface area contributed by atoms with Gasteiger partial charge in [0.1, 0.15) is 0 Å². The van der Waals surface area contributed by atoms with Gasteiger partial charge in [-0.05, 0) is 35.4 Å². The van der Waals surface area contributed by atoms with Crippen molar-refractivity contribution in [3.63, 3.8) is 0 Å². The average molecular weight is 350 g/mol. The molecule has 3 rings (SSSR count). The molecule has 0 spiro atoms. The number of fused-ring (bicyclic) bond motifs is 1. The van der Waals surface area contributed by atoms with Crippen LogP contribution in [0, 0.1) is 11.8 Å². The topological polar surface area (TPSA) is 37.4 Å². The van der Waals surface area contributed by atoms with E-state index in [4.69, 9.17) is 0 Å². The molecule has 1 aromatic carbocycles. The van der Waals surface area contributed by atoms with Gasteiger partial charge in [-0.1, -0.05) is 47.8 Å². The van der Waals surface area contributed by atoms with E-state index in [1.165, 1.54) is 24.2 Å². The molecule has 1 aliphatic carbocycles. The molecule has 1 aromatic rings. The molecular weight excluding hydrogens is 330 g/mol. The second-order valence-electron chi connectivity index (χ2n) is 6.33. The molecule has 3 nitrogen and oxygen atoms in total. The SMILES string of the molecule is CC1CCCC1C(Br)c1ccc2c(c1)C(=O)N(C)C(=O)C2. The fourth-order valence-electron chi connectivity index (χ4n) is 3.55. The Bertz CT molecular complexity index is 598. The van der Waals surface area contributed by atoms with Crippen molar-refractivity contribution >= 4 is 27.7 Å². The van der Waals surface area contributed by atoms with E-state index in [1.807, 2.05) is 12.1 Å². The molecule has 112 valence electrons. The highest BCUT2D eigenvalue weighted by atomic mass is 79.9. The Labute approximate surface area is 133 Å². The second kappa shape index (κ2) is 5.56. The molecule has 1 fully saturated rings. The maximum absolute atomic E-state index is 12.3. The number of amides is 2. The molecule has 0 radical (unpaired) electrons. The highest BCUT2D eigenvalue weighted by Gasteiger charge is 2.32. The highest BCUT2D eigenvalue weighted by Crippen LogP contribution is 2.45. The lowest BCUT2D eigenvalue weighted by Gasteiger charge is -2.26. The Morgan fingerprint density at radius 1 is 1.29 bits per heavy atom. The van der Waals surface area contributed by atoms with E-state index < -0.39 is 0 Å². The largest absolute Gasteiger partial charge is 0.281 e. The number of halogens is 1. The van der Waals surface area contributed by atoms with Gasteiger partial charge in [0.25, 0.3) is 5.91 Å². The number of imide groups is 1. The van der Waals surface area contributed by atoms with Crippen LogP contribution in [-0.2, 0) is 11.2 Å².